The summed E-state index contributed by atoms with van der Waals surface area (Å²) in [5, 5.41) is 0. The van der Waals surface area contributed by atoms with Gasteiger partial charge in [-0.2, -0.15) is 0 Å². The first-order valence-corrected chi connectivity index (χ1v) is 8.44. The molecule has 0 saturated heterocycles. The highest BCUT2D eigenvalue weighted by atomic mass is 28.4. The van der Waals surface area contributed by atoms with E-state index in [0.29, 0.717) is 38.9 Å². The lowest BCUT2D eigenvalue weighted by Crippen LogP contribution is -2.46. The molecule has 107 valence electrons. The molecule has 0 aromatic carbocycles. The first kappa shape index (κ1) is 17.6. The van der Waals surface area contributed by atoms with Crippen LogP contribution in [-0.4, -0.2) is 41.2 Å². The quantitative estimate of drug-likeness (QED) is 0.329. The second-order valence-corrected chi connectivity index (χ2v) is 6.29. The van der Waals surface area contributed by atoms with Gasteiger partial charge >= 0.3 is 14.8 Å². The predicted octanol–water partition coefficient (Wildman–Crippen LogP) is 2.19. The monoisotopic (exact) mass is 277 g/mol. The Balaban J connectivity index is 4.16. The van der Waals surface area contributed by atoms with Gasteiger partial charge in [0.05, 0.1) is 6.61 Å². The van der Waals surface area contributed by atoms with Crippen molar-refractivity contribution in [2.24, 2.45) is 0 Å². The molecule has 0 amide bonds. The molecular formula is C12H25O5Si. The van der Waals surface area contributed by atoms with Gasteiger partial charge in [0, 0.05) is 32.3 Å². The lowest BCUT2D eigenvalue weighted by atomic mass is 10.5. The molecule has 0 rings (SSSR count). The van der Waals surface area contributed by atoms with Crippen LogP contribution >= 0.6 is 0 Å². The molecule has 0 fully saturated rings. The maximum absolute atomic E-state index is 10.9. The number of carbonyl (C=O) groups is 1. The van der Waals surface area contributed by atoms with Gasteiger partial charge in [-0.3, -0.25) is 4.79 Å². The highest BCUT2D eigenvalue weighted by molar-refractivity contribution is 6.60. The number of rotatable bonds is 11. The van der Waals surface area contributed by atoms with Gasteiger partial charge in [-0.05, 0) is 34.1 Å². The summed E-state index contributed by atoms with van der Waals surface area (Å²) in [6, 6.07) is 0.660. The van der Waals surface area contributed by atoms with E-state index < -0.39 is 8.80 Å². The summed E-state index contributed by atoms with van der Waals surface area (Å²) in [5.41, 5.74) is 0. The summed E-state index contributed by atoms with van der Waals surface area (Å²) in [4.78, 5) is 10.9. The maximum atomic E-state index is 10.9. The lowest BCUT2D eigenvalue weighted by molar-refractivity contribution is -0.142. The van der Waals surface area contributed by atoms with Crippen molar-refractivity contribution in [1.29, 1.82) is 0 Å². The summed E-state index contributed by atoms with van der Waals surface area (Å²) < 4.78 is 22.0. The predicted molar refractivity (Wildman–Crippen MR) is 71.0 cm³/mol. The molecule has 18 heavy (non-hydrogen) atoms. The Morgan fingerprint density at radius 2 is 1.56 bits per heavy atom. The fourth-order valence-corrected chi connectivity index (χ4v) is 4.13. The number of carbonyl (C=O) groups excluding carboxylic acids is 1. The fraction of sp³-hybridized carbons (Fsp3) is 0.833. The van der Waals surface area contributed by atoms with E-state index in [-0.39, 0.29) is 12.4 Å². The molecule has 0 atom stereocenters. The molecule has 1 radical (unpaired) electrons. The largest absolute Gasteiger partial charge is 0.501 e. The van der Waals surface area contributed by atoms with Crippen molar-refractivity contribution in [2.75, 3.05) is 26.4 Å². The van der Waals surface area contributed by atoms with Crippen molar-refractivity contribution in [1.82, 2.24) is 0 Å². The molecule has 0 N–H and O–H groups in total. The molecule has 0 heterocycles. The summed E-state index contributed by atoms with van der Waals surface area (Å²) in [6.45, 7) is 11.3. The normalized spacial score (nSPS) is 11.6. The minimum absolute atomic E-state index is 0.158. The Hall–Kier alpha value is -0.433. The highest BCUT2D eigenvalue weighted by Gasteiger charge is 2.39. The summed E-state index contributed by atoms with van der Waals surface area (Å²) in [6.07, 6.45) is 0.836. The van der Waals surface area contributed by atoms with Crippen LogP contribution in [0.25, 0.3) is 0 Å². The molecule has 5 nitrogen and oxygen atoms in total. The standard InChI is InChI=1S/C12H25O5Si/c1-5-12(13)14-10-9-11-18(15-6-2,16-7-3)17-8-4/h1,5-11H2,2-4H3. The minimum atomic E-state index is -2.58. The van der Waals surface area contributed by atoms with Crippen molar-refractivity contribution in [3.63, 3.8) is 0 Å². The van der Waals surface area contributed by atoms with E-state index in [2.05, 4.69) is 6.92 Å². The van der Waals surface area contributed by atoms with E-state index in [0.717, 1.165) is 0 Å². The van der Waals surface area contributed by atoms with Crippen LogP contribution in [0.5, 0.6) is 0 Å². The third-order valence-electron chi connectivity index (χ3n) is 2.19. The zero-order chi connectivity index (χ0) is 13.9. The SMILES string of the molecule is [CH2]CC(=O)OCCC[Si](OCC)(OCC)OCC. The van der Waals surface area contributed by atoms with Crippen molar-refractivity contribution in [2.45, 2.75) is 39.7 Å². The zero-order valence-electron chi connectivity index (χ0n) is 11.7. The van der Waals surface area contributed by atoms with Gasteiger partial charge in [-0.1, -0.05) is 0 Å². The molecule has 0 aliphatic heterocycles. The minimum Gasteiger partial charge on any atom is -0.466 e. The Kier molecular flexibility index (Phi) is 10.2. The molecule has 0 saturated carbocycles. The average Bonchev–Trinajstić information content (AvgIpc) is 2.35. The second kappa shape index (κ2) is 10.5. The van der Waals surface area contributed by atoms with Crippen molar-refractivity contribution >= 4 is 14.8 Å². The van der Waals surface area contributed by atoms with Gasteiger partial charge in [0.15, 0.2) is 0 Å². The van der Waals surface area contributed by atoms with Gasteiger partial charge < -0.3 is 18.0 Å². The summed E-state index contributed by atoms with van der Waals surface area (Å²) in [7, 11) is -2.58. The molecule has 0 aromatic heterocycles. The van der Waals surface area contributed by atoms with Crippen LogP contribution in [0.1, 0.15) is 33.6 Å². The van der Waals surface area contributed by atoms with Crippen molar-refractivity contribution in [3.05, 3.63) is 6.92 Å². The van der Waals surface area contributed by atoms with Crippen LogP contribution in [0.4, 0.5) is 0 Å². The molecule has 0 aliphatic carbocycles. The Morgan fingerprint density at radius 1 is 1.06 bits per heavy atom. The van der Waals surface area contributed by atoms with Crippen LogP contribution in [-0.2, 0) is 22.8 Å². The van der Waals surface area contributed by atoms with E-state index in [9.17, 15) is 4.79 Å². The van der Waals surface area contributed by atoms with E-state index in [1.54, 1.807) is 0 Å². The zero-order valence-corrected chi connectivity index (χ0v) is 12.7. The van der Waals surface area contributed by atoms with E-state index >= 15 is 0 Å². The number of hydrogen-bond acceptors (Lipinski definition) is 5. The average molecular weight is 277 g/mol. The Bertz CT molecular complexity index is 205. The molecule has 0 aliphatic rings. The van der Waals surface area contributed by atoms with Gasteiger partial charge in [0.25, 0.3) is 0 Å². The Morgan fingerprint density at radius 3 is 1.94 bits per heavy atom. The van der Waals surface area contributed by atoms with Crippen LogP contribution in [0, 0.1) is 6.92 Å². The summed E-state index contributed by atoms with van der Waals surface area (Å²) in [5.74, 6) is -0.286. The number of ether oxygens (including phenoxy) is 1. The number of hydrogen-bond donors (Lipinski definition) is 0. The summed E-state index contributed by atoms with van der Waals surface area (Å²) >= 11 is 0. The van der Waals surface area contributed by atoms with Crippen LogP contribution in [0.3, 0.4) is 0 Å². The van der Waals surface area contributed by atoms with Gasteiger partial charge in [-0.25, -0.2) is 0 Å². The molecule has 6 heteroatoms. The van der Waals surface area contributed by atoms with Crippen LogP contribution in [0.15, 0.2) is 0 Å². The van der Waals surface area contributed by atoms with E-state index in [1.165, 1.54) is 0 Å². The smallest absolute Gasteiger partial charge is 0.466 e. The van der Waals surface area contributed by atoms with Gasteiger partial charge in [0.2, 0.25) is 0 Å². The third kappa shape index (κ3) is 7.10. The van der Waals surface area contributed by atoms with Gasteiger partial charge in [0.1, 0.15) is 0 Å². The molecular weight excluding hydrogens is 252 g/mol. The topological polar surface area (TPSA) is 54.0 Å². The lowest BCUT2D eigenvalue weighted by Gasteiger charge is -2.28. The maximum Gasteiger partial charge on any atom is 0.501 e. The second-order valence-electron chi connectivity index (χ2n) is 3.56. The van der Waals surface area contributed by atoms with E-state index in [4.69, 9.17) is 18.0 Å². The fourth-order valence-electron chi connectivity index (χ4n) is 1.55. The van der Waals surface area contributed by atoms with Crippen molar-refractivity contribution in [3.8, 4) is 0 Å². The first-order chi connectivity index (χ1) is 8.64. The highest BCUT2D eigenvalue weighted by Crippen LogP contribution is 2.18. The molecule has 0 aromatic rings. The van der Waals surface area contributed by atoms with Crippen molar-refractivity contribution < 1.29 is 22.8 Å². The molecule has 0 unspecified atom stereocenters. The first-order valence-electron chi connectivity index (χ1n) is 6.50. The van der Waals surface area contributed by atoms with Gasteiger partial charge in [-0.15, -0.1) is 0 Å². The van der Waals surface area contributed by atoms with Crippen LogP contribution in [0.2, 0.25) is 6.04 Å². The third-order valence-corrected chi connectivity index (χ3v) is 5.34. The van der Waals surface area contributed by atoms with Crippen LogP contribution < -0.4 is 0 Å². The van der Waals surface area contributed by atoms with E-state index in [1.807, 2.05) is 20.8 Å². The Labute approximate surface area is 111 Å². The molecule has 0 bridgehead atoms. The number of esters is 1. The molecule has 0 spiro atoms.